The number of aliphatic hydroxyl groups is 2. The van der Waals surface area contributed by atoms with E-state index in [2.05, 4.69) is 25.2 Å². The molecule has 12 nitrogen and oxygen atoms in total. The highest BCUT2D eigenvalue weighted by atomic mass is 35.5. The van der Waals surface area contributed by atoms with Gasteiger partial charge in [-0.05, 0) is 56.5 Å². The number of carbonyl (C=O) groups is 2. The first-order valence-corrected chi connectivity index (χ1v) is 15.4. The molecule has 4 aromatic rings. The molecule has 1 saturated heterocycles. The monoisotopic (exact) mass is 634 g/mol. The zero-order chi connectivity index (χ0) is 31.7. The molecule has 6 rings (SSSR count). The summed E-state index contributed by atoms with van der Waals surface area (Å²) in [6, 6.07) is 10.0. The van der Waals surface area contributed by atoms with Crippen molar-refractivity contribution in [1.29, 1.82) is 0 Å². The number of nitrogens with zero attached hydrogens (tertiary/aromatic N) is 3. The van der Waals surface area contributed by atoms with E-state index in [0.29, 0.717) is 57.9 Å². The highest BCUT2D eigenvalue weighted by Gasteiger charge is 2.41. The van der Waals surface area contributed by atoms with Crippen molar-refractivity contribution in [2.24, 2.45) is 0 Å². The number of piperidine rings is 1. The lowest BCUT2D eigenvalue weighted by atomic mass is 10.0. The first-order chi connectivity index (χ1) is 21.7. The number of amides is 2. The van der Waals surface area contributed by atoms with Crippen LogP contribution in [0.15, 0.2) is 47.4 Å². The third kappa shape index (κ3) is 6.19. The Kier molecular flexibility index (Phi) is 8.90. The number of benzene rings is 2. The molecule has 2 aliphatic rings. The number of halogens is 1. The molecule has 0 bridgehead atoms. The van der Waals surface area contributed by atoms with E-state index >= 15 is 0 Å². The van der Waals surface area contributed by atoms with Gasteiger partial charge >= 0.3 is 0 Å². The van der Waals surface area contributed by atoms with Crippen LogP contribution < -0.4 is 15.6 Å². The number of H-pyrrole nitrogens is 2. The number of imidazole rings is 1. The maximum atomic E-state index is 13.4. The third-order valence-electron chi connectivity index (χ3n) is 8.45. The molecule has 2 aromatic carbocycles. The van der Waals surface area contributed by atoms with E-state index in [4.69, 9.17) is 21.4 Å². The average Bonchev–Trinajstić information content (AvgIpc) is 3.55. The van der Waals surface area contributed by atoms with Crippen LogP contribution in [0, 0.1) is 6.92 Å². The van der Waals surface area contributed by atoms with Gasteiger partial charge in [-0.15, -0.1) is 0 Å². The molecule has 13 heteroatoms. The number of hydrogen-bond acceptors (Lipinski definition) is 9. The first kappa shape index (κ1) is 30.8. The standard InChI is InChI=1S/C32H35ClN6O6/c1-18-23(33)4-2-5-27(18)45-17-20(41)16-35-24-6-9-34-30(42)28(24)29-36-25-14-21-22(15-26(25)37-29)32(44)39(31(21)43)19-7-11-38(12-8-19)10-3-13-40/h2,4-6,9,14-15,19-20,40-41H,3,7-8,10-13,16-17H2,1H3,(H,36,37)(H2,34,35,42)/t20-/m1/s1. The molecular formula is C32H35ClN6O6. The molecule has 0 unspecified atom stereocenters. The molecule has 1 atom stereocenters. The Hall–Kier alpha value is -4.23. The number of carbonyl (C=O) groups excluding carboxylic acids is 2. The van der Waals surface area contributed by atoms with Gasteiger partial charge in [-0.2, -0.15) is 0 Å². The van der Waals surface area contributed by atoms with Crippen molar-refractivity contribution in [3.05, 3.63) is 74.7 Å². The largest absolute Gasteiger partial charge is 0.490 e. The normalized spacial score (nSPS) is 16.4. The van der Waals surface area contributed by atoms with Crippen molar-refractivity contribution in [3.63, 3.8) is 0 Å². The van der Waals surface area contributed by atoms with Gasteiger partial charge in [0.15, 0.2) is 0 Å². The van der Waals surface area contributed by atoms with Crippen LogP contribution in [0.1, 0.15) is 45.5 Å². The molecule has 2 aliphatic heterocycles. The van der Waals surface area contributed by atoms with Gasteiger partial charge in [0.25, 0.3) is 17.4 Å². The van der Waals surface area contributed by atoms with Crippen LogP contribution in [-0.4, -0.2) is 98.3 Å². The summed E-state index contributed by atoms with van der Waals surface area (Å²) >= 11 is 6.15. The fourth-order valence-corrected chi connectivity index (χ4v) is 6.15. The lowest BCUT2D eigenvalue weighted by Gasteiger charge is -2.35. The third-order valence-corrected chi connectivity index (χ3v) is 8.86. The Bertz CT molecular complexity index is 1740. The van der Waals surface area contributed by atoms with E-state index in [-0.39, 0.29) is 49.0 Å². The Morgan fingerprint density at radius 2 is 1.89 bits per heavy atom. The smallest absolute Gasteiger partial charge is 0.261 e. The van der Waals surface area contributed by atoms with Crippen LogP contribution in [0.2, 0.25) is 5.02 Å². The van der Waals surface area contributed by atoms with Gasteiger partial charge in [0.05, 0.1) is 27.8 Å². The average molecular weight is 635 g/mol. The van der Waals surface area contributed by atoms with Gasteiger partial charge in [0, 0.05) is 55.6 Å². The van der Waals surface area contributed by atoms with Crippen LogP contribution in [0.3, 0.4) is 0 Å². The van der Waals surface area contributed by atoms with Crippen molar-refractivity contribution in [2.45, 2.75) is 38.3 Å². The number of anilines is 1. The summed E-state index contributed by atoms with van der Waals surface area (Å²) in [7, 11) is 0. The number of likely N-dealkylation sites (tertiary alicyclic amines) is 1. The molecule has 5 N–H and O–H groups in total. The molecule has 0 radical (unpaired) electrons. The fraction of sp³-hybridized carbons (Fsp3) is 0.375. The van der Waals surface area contributed by atoms with Gasteiger partial charge in [-0.3, -0.25) is 19.3 Å². The quantitative estimate of drug-likeness (QED) is 0.156. The van der Waals surface area contributed by atoms with E-state index in [0.717, 1.165) is 25.2 Å². The van der Waals surface area contributed by atoms with Crippen LogP contribution in [-0.2, 0) is 0 Å². The van der Waals surface area contributed by atoms with Crippen LogP contribution in [0.5, 0.6) is 5.75 Å². The number of aromatic amines is 2. The molecule has 0 aliphatic carbocycles. The van der Waals surface area contributed by atoms with Gasteiger partial charge < -0.3 is 35.1 Å². The minimum atomic E-state index is -0.901. The molecule has 1 fully saturated rings. The number of hydrogen-bond donors (Lipinski definition) is 5. The van der Waals surface area contributed by atoms with Crippen molar-refractivity contribution >= 4 is 40.1 Å². The number of ether oxygens (including phenoxy) is 1. The number of aromatic nitrogens is 3. The molecule has 4 heterocycles. The zero-order valence-corrected chi connectivity index (χ0v) is 25.6. The lowest BCUT2D eigenvalue weighted by molar-refractivity contribution is 0.0499. The van der Waals surface area contributed by atoms with E-state index in [9.17, 15) is 19.5 Å². The molecule has 236 valence electrons. The molecule has 0 spiro atoms. The summed E-state index contributed by atoms with van der Waals surface area (Å²) in [5.74, 6) is 0.169. The number of rotatable bonds is 11. The second-order valence-electron chi connectivity index (χ2n) is 11.4. The van der Waals surface area contributed by atoms with Crippen molar-refractivity contribution in [3.8, 4) is 17.1 Å². The van der Waals surface area contributed by atoms with Gasteiger partial charge in [-0.1, -0.05) is 17.7 Å². The number of imide groups is 1. The summed E-state index contributed by atoms with van der Waals surface area (Å²) in [5, 5.41) is 23.4. The number of pyridine rings is 1. The molecule has 45 heavy (non-hydrogen) atoms. The van der Waals surface area contributed by atoms with Crippen molar-refractivity contribution in [2.75, 3.05) is 44.7 Å². The number of nitrogens with one attached hydrogen (secondary N) is 3. The highest BCUT2D eigenvalue weighted by molar-refractivity contribution is 6.31. The van der Waals surface area contributed by atoms with E-state index in [1.807, 2.05) is 6.92 Å². The SMILES string of the molecule is Cc1c(Cl)cccc1OC[C@H](O)CNc1cc[nH]c(=O)c1-c1nc2cc3c(cc2[nH]1)C(=O)N(C1CCN(CCCO)CC1)C3=O. The maximum absolute atomic E-state index is 13.4. The maximum Gasteiger partial charge on any atom is 0.261 e. The molecule has 2 amide bonds. The summed E-state index contributed by atoms with van der Waals surface area (Å²) < 4.78 is 5.74. The van der Waals surface area contributed by atoms with E-state index in [1.165, 1.54) is 11.1 Å². The predicted molar refractivity (Wildman–Crippen MR) is 170 cm³/mol. The lowest BCUT2D eigenvalue weighted by Crippen LogP contribution is -2.47. The van der Waals surface area contributed by atoms with Crippen LogP contribution in [0.4, 0.5) is 5.69 Å². The van der Waals surface area contributed by atoms with Crippen molar-refractivity contribution < 1.29 is 24.5 Å². The zero-order valence-electron chi connectivity index (χ0n) is 24.8. The Balaban J connectivity index is 1.17. The summed E-state index contributed by atoms with van der Waals surface area (Å²) in [6.07, 6.45) is 2.66. The minimum Gasteiger partial charge on any atom is -0.490 e. The fourth-order valence-electron chi connectivity index (χ4n) is 5.99. The number of aliphatic hydroxyl groups excluding tert-OH is 2. The topological polar surface area (TPSA) is 164 Å². The second kappa shape index (κ2) is 13.0. The summed E-state index contributed by atoms with van der Waals surface area (Å²) in [6.45, 7) is 4.38. The van der Waals surface area contributed by atoms with Gasteiger partial charge in [0.1, 0.15) is 29.8 Å². The van der Waals surface area contributed by atoms with E-state index in [1.54, 1.807) is 36.4 Å². The predicted octanol–water partition coefficient (Wildman–Crippen LogP) is 3.17. The molecule has 2 aromatic heterocycles. The Morgan fingerprint density at radius 1 is 1.13 bits per heavy atom. The highest BCUT2D eigenvalue weighted by Crippen LogP contribution is 2.33. The first-order valence-electron chi connectivity index (χ1n) is 15.0. The molecular weight excluding hydrogens is 600 g/mol. The van der Waals surface area contributed by atoms with Gasteiger partial charge in [0.2, 0.25) is 0 Å². The van der Waals surface area contributed by atoms with Crippen molar-refractivity contribution in [1.82, 2.24) is 24.8 Å². The van der Waals surface area contributed by atoms with E-state index < -0.39 is 11.7 Å². The Labute approximate surface area is 264 Å². The summed E-state index contributed by atoms with van der Waals surface area (Å²) in [5.41, 5.74) is 2.60. The molecule has 0 saturated carbocycles. The van der Waals surface area contributed by atoms with Crippen LogP contribution in [0.25, 0.3) is 22.4 Å². The van der Waals surface area contributed by atoms with Crippen LogP contribution >= 0.6 is 11.6 Å². The number of fused-ring (bicyclic) bond motifs is 2. The van der Waals surface area contributed by atoms with Gasteiger partial charge in [-0.25, -0.2) is 4.98 Å². The minimum absolute atomic E-state index is 0.00476. The summed E-state index contributed by atoms with van der Waals surface area (Å²) in [4.78, 5) is 53.9. The second-order valence-corrected chi connectivity index (χ2v) is 11.8. The Morgan fingerprint density at radius 3 is 2.64 bits per heavy atom.